The van der Waals surface area contributed by atoms with Crippen molar-refractivity contribution in [1.29, 1.82) is 0 Å². The van der Waals surface area contributed by atoms with Crippen LogP contribution in [-0.4, -0.2) is 5.78 Å². The zero-order valence-corrected chi connectivity index (χ0v) is 9.08. The summed E-state index contributed by atoms with van der Waals surface area (Å²) in [5.74, 6) is 3.95. The number of carbonyl (C=O) groups is 1. The van der Waals surface area contributed by atoms with E-state index in [4.69, 9.17) is 10.8 Å². The lowest BCUT2D eigenvalue weighted by Crippen LogP contribution is -1.93. The van der Waals surface area contributed by atoms with E-state index in [1.807, 2.05) is 12.1 Å². The molecule has 0 N–H and O–H groups in total. The molecule has 0 saturated heterocycles. The van der Waals surface area contributed by atoms with E-state index in [1.165, 1.54) is 0 Å². The van der Waals surface area contributed by atoms with E-state index in [9.17, 15) is 4.79 Å². The van der Waals surface area contributed by atoms with Crippen LogP contribution in [0.1, 0.15) is 37.7 Å². The minimum Gasteiger partial charge on any atom is -0.466 e. The van der Waals surface area contributed by atoms with Gasteiger partial charge in [0.05, 0.1) is 0 Å². The Morgan fingerprint density at radius 2 is 2.07 bits per heavy atom. The first-order valence-corrected chi connectivity index (χ1v) is 5.33. The van der Waals surface area contributed by atoms with Crippen LogP contribution in [0.5, 0.6) is 0 Å². The summed E-state index contributed by atoms with van der Waals surface area (Å²) in [5, 5.41) is 0. The SMILES string of the molecule is C#CC(=O)CCCc1ccc(CCC)o1. The van der Waals surface area contributed by atoms with Crippen LogP contribution < -0.4 is 0 Å². The molecule has 2 heteroatoms. The maximum absolute atomic E-state index is 10.8. The molecule has 0 spiro atoms. The number of ketones is 1. The lowest BCUT2D eigenvalue weighted by molar-refractivity contribution is -0.113. The van der Waals surface area contributed by atoms with Crippen molar-refractivity contribution in [2.75, 3.05) is 0 Å². The fourth-order valence-electron chi connectivity index (χ4n) is 1.43. The van der Waals surface area contributed by atoms with Crippen molar-refractivity contribution in [3.05, 3.63) is 23.7 Å². The van der Waals surface area contributed by atoms with E-state index in [0.717, 1.165) is 37.2 Å². The third-order valence-electron chi connectivity index (χ3n) is 2.20. The van der Waals surface area contributed by atoms with Crippen LogP contribution >= 0.6 is 0 Å². The van der Waals surface area contributed by atoms with Crippen LogP contribution in [0.3, 0.4) is 0 Å². The van der Waals surface area contributed by atoms with Crippen LogP contribution in [0, 0.1) is 12.3 Å². The van der Waals surface area contributed by atoms with Gasteiger partial charge in [0.15, 0.2) is 0 Å². The molecule has 1 rings (SSSR count). The number of terminal acetylenes is 1. The van der Waals surface area contributed by atoms with Gasteiger partial charge < -0.3 is 4.42 Å². The topological polar surface area (TPSA) is 30.2 Å². The van der Waals surface area contributed by atoms with Gasteiger partial charge >= 0.3 is 0 Å². The van der Waals surface area contributed by atoms with E-state index in [1.54, 1.807) is 0 Å². The highest BCUT2D eigenvalue weighted by molar-refractivity contribution is 5.94. The molecule has 1 aromatic rings. The summed E-state index contributed by atoms with van der Waals surface area (Å²) in [6.45, 7) is 2.12. The molecule has 1 aromatic heterocycles. The second-order valence-electron chi connectivity index (χ2n) is 3.54. The van der Waals surface area contributed by atoms with Crippen LogP contribution in [-0.2, 0) is 17.6 Å². The summed E-state index contributed by atoms with van der Waals surface area (Å²) in [7, 11) is 0. The summed E-state index contributed by atoms with van der Waals surface area (Å²) >= 11 is 0. The first-order chi connectivity index (χ1) is 7.26. The molecule has 0 unspecified atom stereocenters. The Bertz CT molecular complexity index is 355. The first kappa shape index (κ1) is 11.6. The second kappa shape index (κ2) is 6.08. The zero-order valence-electron chi connectivity index (χ0n) is 9.08. The lowest BCUT2D eigenvalue weighted by Gasteiger charge is -1.95. The molecule has 0 aliphatic rings. The Morgan fingerprint density at radius 3 is 2.67 bits per heavy atom. The average molecular weight is 204 g/mol. The molecule has 2 nitrogen and oxygen atoms in total. The Morgan fingerprint density at radius 1 is 1.40 bits per heavy atom. The monoisotopic (exact) mass is 204 g/mol. The van der Waals surface area contributed by atoms with Crippen LogP contribution in [0.2, 0.25) is 0 Å². The van der Waals surface area contributed by atoms with Crippen molar-refractivity contribution < 1.29 is 9.21 Å². The summed E-state index contributed by atoms with van der Waals surface area (Å²) in [4.78, 5) is 10.8. The van der Waals surface area contributed by atoms with E-state index in [0.29, 0.717) is 6.42 Å². The van der Waals surface area contributed by atoms with E-state index in [2.05, 4.69) is 12.8 Å². The third kappa shape index (κ3) is 4.03. The van der Waals surface area contributed by atoms with E-state index >= 15 is 0 Å². The molecule has 0 atom stereocenters. The smallest absolute Gasteiger partial charge is 0.205 e. The van der Waals surface area contributed by atoms with Gasteiger partial charge in [-0.15, -0.1) is 6.42 Å². The summed E-state index contributed by atoms with van der Waals surface area (Å²) in [6, 6.07) is 3.98. The predicted molar refractivity (Wildman–Crippen MR) is 59.5 cm³/mol. The fourth-order valence-corrected chi connectivity index (χ4v) is 1.43. The molecule has 0 saturated carbocycles. The Kier molecular flexibility index (Phi) is 4.70. The fraction of sp³-hybridized carbons (Fsp3) is 0.462. The van der Waals surface area contributed by atoms with E-state index in [-0.39, 0.29) is 5.78 Å². The van der Waals surface area contributed by atoms with Crippen molar-refractivity contribution >= 4 is 5.78 Å². The summed E-state index contributed by atoms with van der Waals surface area (Å²) in [5.41, 5.74) is 0. The van der Waals surface area contributed by atoms with Crippen molar-refractivity contribution in [3.8, 4) is 12.3 Å². The predicted octanol–water partition coefficient (Wildman–Crippen LogP) is 2.76. The number of Topliss-reactive ketones (excluding diaryl/α,β-unsaturated/α-hetero) is 1. The standard InChI is InChI=1S/C13H16O2/c1-3-6-12-9-10-13(15-12)8-5-7-11(14)4-2/h2,9-10H,3,5-8H2,1H3. The second-order valence-corrected chi connectivity index (χ2v) is 3.54. The van der Waals surface area contributed by atoms with Gasteiger partial charge in [0.1, 0.15) is 11.5 Å². The molecule has 0 amide bonds. The Balaban J connectivity index is 2.32. The highest BCUT2D eigenvalue weighted by atomic mass is 16.3. The summed E-state index contributed by atoms with van der Waals surface area (Å²) in [6.07, 6.45) is 9.03. The number of carbonyl (C=O) groups excluding carboxylic acids is 1. The molecule has 0 bridgehead atoms. The Labute approximate surface area is 90.7 Å². The van der Waals surface area contributed by atoms with Gasteiger partial charge in [-0.1, -0.05) is 6.92 Å². The normalized spacial score (nSPS) is 9.87. The van der Waals surface area contributed by atoms with Gasteiger partial charge in [-0.2, -0.15) is 0 Å². The van der Waals surface area contributed by atoms with Crippen molar-refractivity contribution in [3.63, 3.8) is 0 Å². The maximum atomic E-state index is 10.8. The molecule has 15 heavy (non-hydrogen) atoms. The average Bonchev–Trinajstić information content (AvgIpc) is 2.66. The number of rotatable bonds is 6. The molecule has 1 heterocycles. The minimum atomic E-state index is -0.129. The van der Waals surface area contributed by atoms with Gasteiger partial charge in [0.2, 0.25) is 5.78 Å². The van der Waals surface area contributed by atoms with Crippen LogP contribution in [0.25, 0.3) is 0 Å². The maximum Gasteiger partial charge on any atom is 0.205 e. The van der Waals surface area contributed by atoms with Crippen LogP contribution in [0.4, 0.5) is 0 Å². The van der Waals surface area contributed by atoms with Gasteiger partial charge in [0.25, 0.3) is 0 Å². The molecular weight excluding hydrogens is 188 g/mol. The molecule has 0 aromatic carbocycles. The summed E-state index contributed by atoms with van der Waals surface area (Å²) < 4.78 is 5.58. The van der Waals surface area contributed by atoms with Gasteiger partial charge in [-0.25, -0.2) is 0 Å². The zero-order chi connectivity index (χ0) is 11.1. The highest BCUT2D eigenvalue weighted by Crippen LogP contribution is 2.12. The number of furan rings is 1. The lowest BCUT2D eigenvalue weighted by atomic mass is 10.1. The number of aryl methyl sites for hydroxylation is 2. The van der Waals surface area contributed by atoms with Gasteiger partial charge in [-0.05, 0) is 30.9 Å². The molecule has 0 aliphatic heterocycles. The first-order valence-electron chi connectivity index (χ1n) is 5.33. The Hall–Kier alpha value is -1.49. The minimum absolute atomic E-state index is 0.129. The molecule has 0 fully saturated rings. The molecular formula is C13H16O2. The highest BCUT2D eigenvalue weighted by Gasteiger charge is 2.02. The quantitative estimate of drug-likeness (QED) is 0.527. The van der Waals surface area contributed by atoms with Crippen LogP contribution in [0.15, 0.2) is 16.5 Å². The van der Waals surface area contributed by atoms with Crippen molar-refractivity contribution in [2.24, 2.45) is 0 Å². The van der Waals surface area contributed by atoms with Gasteiger partial charge in [-0.3, -0.25) is 4.79 Å². The van der Waals surface area contributed by atoms with Crippen molar-refractivity contribution in [1.82, 2.24) is 0 Å². The number of hydrogen-bond donors (Lipinski definition) is 0. The van der Waals surface area contributed by atoms with E-state index < -0.39 is 0 Å². The van der Waals surface area contributed by atoms with Gasteiger partial charge in [0, 0.05) is 19.3 Å². The number of hydrogen-bond acceptors (Lipinski definition) is 2. The largest absolute Gasteiger partial charge is 0.466 e. The third-order valence-corrected chi connectivity index (χ3v) is 2.20. The molecule has 0 radical (unpaired) electrons. The van der Waals surface area contributed by atoms with Crippen molar-refractivity contribution in [2.45, 2.75) is 39.0 Å². The molecule has 80 valence electrons. The molecule has 0 aliphatic carbocycles.